The first kappa shape index (κ1) is 18.0. The molecule has 6 heteroatoms. The summed E-state index contributed by atoms with van der Waals surface area (Å²) in [5, 5.41) is 2.65. The van der Waals surface area contributed by atoms with Crippen LogP contribution in [-0.2, 0) is 4.79 Å². The number of thiocarbonyl (C=S) groups is 1. The van der Waals surface area contributed by atoms with E-state index in [4.69, 9.17) is 28.6 Å². The van der Waals surface area contributed by atoms with E-state index < -0.39 is 0 Å². The highest BCUT2D eigenvalue weighted by atomic mass is 35.5. The maximum Gasteiger partial charge on any atom is 0.270 e. The lowest BCUT2D eigenvalue weighted by Crippen LogP contribution is -2.27. The van der Waals surface area contributed by atoms with Gasteiger partial charge in [-0.15, -0.1) is 0 Å². The summed E-state index contributed by atoms with van der Waals surface area (Å²) >= 11 is 12.8. The Hall–Kier alpha value is -2.34. The second-order valence-electron chi connectivity index (χ2n) is 5.90. The molecule has 1 amide bonds. The van der Waals surface area contributed by atoms with Gasteiger partial charge in [-0.2, -0.15) is 0 Å². The molecule has 0 radical (unpaired) electrons. The number of carbonyl (C=O) groups excluding carboxylic acids is 1. The first-order valence-corrected chi connectivity index (χ1v) is 9.78. The number of thioether (sulfide) groups is 1. The molecule has 3 aromatic rings. The Morgan fingerprint density at radius 3 is 2.70 bits per heavy atom. The van der Waals surface area contributed by atoms with E-state index in [2.05, 4.69) is 0 Å². The molecule has 4 rings (SSSR count). The Morgan fingerprint density at radius 1 is 1.11 bits per heavy atom. The van der Waals surface area contributed by atoms with Gasteiger partial charge in [0.2, 0.25) is 0 Å². The summed E-state index contributed by atoms with van der Waals surface area (Å²) in [4.78, 5) is 15.1. The second-order valence-corrected chi connectivity index (χ2v) is 8.01. The predicted molar refractivity (Wildman–Crippen MR) is 118 cm³/mol. The molecule has 0 N–H and O–H groups in total. The third-order valence-electron chi connectivity index (χ3n) is 4.29. The monoisotopic (exact) mass is 411 g/mol. The van der Waals surface area contributed by atoms with Gasteiger partial charge in [0.15, 0.2) is 4.32 Å². The van der Waals surface area contributed by atoms with Crippen molar-refractivity contribution in [1.82, 2.24) is 0 Å². The van der Waals surface area contributed by atoms with Crippen LogP contribution in [0.1, 0.15) is 5.56 Å². The Bertz CT molecular complexity index is 1110. The van der Waals surface area contributed by atoms with Gasteiger partial charge in [0, 0.05) is 10.6 Å². The molecule has 3 aromatic carbocycles. The summed E-state index contributed by atoms with van der Waals surface area (Å²) in [5.74, 6) is 0.545. The number of methoxy groups -OCH3 is 1. The normalized spacial score (nSPS) is 15.8. The lowest BCUT2D eigenvalue weighted by atomic mass is 10.0. The van der Waals surface area contributed by atoms with Gasteiger partial charge in [-0.05, 0) is 41.1 Å². The highest BCUT2D eigenvalue weighted by Gasteiger charge is 2.33. The number of fused-ring (bicyclic) bond motifs is 1. The summed E-state index contributed by atoms with van der Waals surface area (Å²) in [5.41, 5.74) is 1.53. The average molecular weight is 412 g/mol. The third-order valence-corrected chi connectivity index (χ3v) is 5.82. The van der Waals surface area contributed by atoms with Crippen molar-refractivity contribution in [2.75, 3.05) is 12.0 Å². The minimum absolute atomic E-state index is 0.165. The number of benzene rings is 3. The molecule has 134 valence electrons. The van der Waals surface area contributed by atoms with E-state index >= 15 is 0 Å². The van der Waals surface area contributed by atoms with Crippen LogP contribution in [0.4, 0.5) is 5.69 Å². The molecule has 3 nitrogen and oxygen atoms in total. The van der Waals surface area contributed by atoms with E-state index in [1.807, 2.05) is 48.5 Å². The molecule has 27 heavy (non-hydrogen) atoms. The quantitative estimate of drug-likeness (QED) is 0.396. The lowest BCUT2D eigenvalue weighted by molar-refractivity contribution is -0.113. The molecule has 1 aliphatic heterocycles. The summed E-state index contributed by atoms with van der Waals surface area (Å²) in [6, 6.07) is 19.0. The molecule has 1 fully saturated rings. The summed E-state index contributed by atoms with van der Waals surface area (Å²) < 4.78 is 6.00. The maximum atomic E-state index is 13.0. The fraction of sp³-hybridized carbons (Fsp3) is 0.0476. The predicted octanol–water partition coefficient (Wildman–Crippen LogP) is 5.91. The Balaban J connectivity index is 1.81. The fourth-order valence-electron chi connectivity index (χ4n) is 3.04. The van der Waals surface area contributed by atoms with E-state index in [-0.39, 0.29) is 5.91 Å². The van der Waals surface area contributed by atoms with Crippen LogP contribution in [0.3, 0.4) is 0 Å². The number of anilines is 1. The highest BCUT2D eigenvalue weighted by molar-refractivity contribution is 8.27. The van der Waals surface area contributed by atoms with Gasteiger partial charge < -0.3 is 4.74 Å². The van der Waals surface area contributed by atoms with Crippen LogP contribution in [0, 0.1) is 0 Å². The van der Waals surface area contributed by atoms with E-state index in [0.29, 0.717) is 25.7 Å². The Morgan fingerprint density at radius 2 is 1.93 bits per heavy atom. The molecule has 0 unspecified atom stereocenters. The van der Waals surface area contributed by atoms with Gasteiger partial charge >= 0.3 is 0 Å². The fourth-order valence-corrected chi connectivity index (χ4v) is 4.50. The van der Waals surface area contributed by atoms with Crippen molar-refractivity contribution in [2.45, 2.75) is 0 Å². The molecule has 0 spiro atoms. The topological polar surface area (TPSA) is 29.5 Å². The summed E-state index contributed by atoms with van der Waals surface area (Å²) in [6.45, 7) is 0. The van der Waals surface area contributed by atoms with Gasteiger partial charge in [-0.1, -0.05) is 72.0 Å². The first-order chi connectivity index (χ1) is 13.1. The molecular formula is C21H14ClNO2S2. The van der Waals surface area contributed by atoms with Crippen LogP contribution in [0.15, 0.2) is 65.6 Å². The number of carbonyl (C=O) groups is 1. The van der Waals surface area contributed by atoms with Crippen LogP contribution in [0.25, 0.3) is 16.8 Å². The zero-order valence-corrected chi connectivity index (χ0v) is 16.7. The zero-order valence-electron chi connectivity index (χ0n) is 14.3. The van der Waals surface area contributed by atoms with Crippen molar-refractivity contribution >= 4 is 68.3 Å². The largest absolute Gasteiger partial charge is 0.496 e. The van der Waals surface area contributed by atoms with E-state index in [0.717, 1.165) is 16.3 Å². The van der Waals surface area contributed by atoms with Crippen molar-refractivity contribution in [2.24, 2.45) is 0 Å². The first-order valence-electron chi connectivity index (χ1n) is 8.18. The van der Waals surface area contributed by atoms with Gasteiger partial charge in [0.1, 0.15) is 5.75 Å². The van der Waals surface area contributed by atoms with E-state index in [1.165, 1.54) is 16.7 Å². The van der Waals surface area contributed by atoms with Crippen LogP contribution in [0.2, 0.25) is 5.02 Å². The number of nitrogens with zero attached hydrogens (tertiary/aromatic N) is 1. The van der Waals surface area contributed by atoms with Crippen LogP contribution in [-0.4, -0.2) is 17.3 Å². The molecule has 0 aromatic heterocycles. The molecule has 0 saturated carbocycles. The minimum Gasteiger partial charge on any atom is -0.496 e. The number of halogens is 1. The molecule has 0 aliphatic carbocycles. The van der Waals surface area contributed by atoms with Crippen molar-refractivity contribution in [3.05, 3.63) is 76.2 Å². The smallest absolute Gasteiger partial charge is 0.270 e. The molecule has 1 saturated heterocycles. The maximum absolute atomic E-state index is 13.0. The molecule has 1 aliphatic rings. The zero-order chi connectivity index (χ0) is 19.0. The molecule has 0 bridgehead atoms. The lowest BCUT2D eigenvalue weighted by Gasteiger charge is -2.14. The van der Waals surface area contributed by atoms with E-state index in [1.54, 1.807) is 25.3 Å². The van der Waals surface area contributed by atoms with Crippen LogP contribution >= 0.6 is 35.6 Å². The summed E-state index contributed by atoms with van der Waals surface area (Å²) in [7, 11) is 1.62. The molecular weight excluding hydrogens is 398 g/mol. The van der Waals surface area contributed by atoms with Crippen molar-refractivity contribution in [3.63, 3.8) is 0 Å². The van der Waals surface area contributed by atoms with Crippen LogP contribution < -0.4 is 9.64 Å². The SMILES string of the molecule is COc1ccc2ccccc2c1/C=C1\SC(=S)N(c2cccc(Cl)c2)C1=O. The number of rotatable bonds is 3. The van der Waals surface area contributed by atoms with Gasteiger partial charge in [-0.3, -0.25) is 9.69 Å². The van der Waals surface area contributed by atoms with Gasteiger partial charge in [0.05, 0.1) is 17.7 Å². The van der Waals surface area contributed by atoms with Crippen molar-refractivity contribution in [1.29, 1.82) is 0 Å². The number of ether oxygens (including phenoxy) is 1. The number of amides is 1. The standard InChI is InChI=1S/C21H14ClNO2S2/c1-25-18-10-9-13-5-2-3-8-16(13)17(18)12-19-20(24)23(21(26)27-19)15-7-4-6-14(22)11-15/h2-12H,1H3/b19-12-. The number of hydrogen-bond acceptors (Lipinski definition) is 4. The van der Waals surface area contributed by atoms with Crippen molar-refractivity contribution < 1.29 is 9.53 Å². The third kappa shape index (κ3) is 3.34. The Kier molecular flexibility index (Phi) is 4.91. The van der Waals surface area contributed by atoms with Crippen LogP contribution in [0.5, 0.6) is 5.75 Å². The molecule has 0 atom stereocenters. The van der Waals surface area contributed by atoms with Gasteiger partial charge in [0.25, 0.3) is 5.91 Å². The highest BCUT2D eigenvalue weighted by Crippen LogP contribution is 2.39. The Labute approximate surface area is 171 Å². The average Bonchev–Trinajstić information content (AvgIpc) is 2.95. The number of hydrogen-bond donors (Lipinski definition) is 0. The summed E-state index contributed by atoms with van der Waals surface area (Å²) in [6.07, 6.45) is 1.85. The minimum atomic E-state index is -0.165. The second kappa shape index (κ2) is 7.35. The molecule has 1 heterocycles. The van der Waals surface area contributed by atoms with Crippen molar-refractivity contribution in [3.8, 4) is 5.75 Å². The van der Waals surface area contributed by atoms with Gasteiger partial charge in [-0.25, -0.2) is 0 Å². The van der Waals surface area contributed by atoms with E-state index in [9.17, 15) is 4.79 Å².